The van der Waals surface area contributed by atoms with Gasteiger partial charge < -0.3 is 10.5 Å². The molecule has 54 valence electrons. The van der Waals surface area contributed by atoms with Crippen LogP contribution in [-0.2, 0) is 4.74 Å². The van der Waals surface area contributed by atoms with E-state index in [1.165, 1.54) is 0 Å². The summed E-state index contributed by atoms with van der Waals surface area (Å²) in [7, 11) is 0. The fourth-order valence-electron chi connectivity index (χ4n) is 0.912. The molecule has 1 aliphatic heterocycles. The molecule has 2 nitrogen and oxygen atoms in total. The Hall–Kier alpha value is 0.400. The quantitative estimate of drug-likeness (QED) is 0.629. The van der Waals surface area contributed by atoms with Crippen molar-refractivity contribution in [3.05, 3.63) is 0 Å². The van der Waals surface area contributed by atoms with Gasteiger partial charge in [-0.3, -0.25) is 0 Å². The van der Waals surface area contributed by atoms with Crippen molar-refractivity contribution < 1.29 is 4.74 Å². The number of rotatable bonds is 1. The Kier molecular flexibility index (Phi) is 2.50. The van der Waals surface area contributed by atoms with E-state index in [0.717, 1.165) is 31.4 Å². The molecular weight excluding hydrogens is 182 g/mol. The highest BCUT2D eigenvalue weighted by molar-refractivity contribution is 9.09. The lowest BCUT2D eigenvalue weighted by molar-refractivity contribution is 0.0613. The molecule has 0 unspecified atom stereocenters. The first-order valence-electron chi connectivity index (χ1n) is 3.19. The van der Waals surface area contributed by atoms with Crippen LogP contribution in [0.15, 0.2) is 0 Å². The number of nitrogens with two attached hydrogens (primary N) is 1. The van der Waals surface area contributed by atoms with Crippen molar-refractivity contribution in [3.8, 4) is 0 Å². The van der Waals surface area contributed by atoms with Gasteiger partial charge >= 0.3 is 0 Å². The molecule has 0 aromatic heterocycles. The van der Waals surface area contributed by atoms with Crippen LogP contribution in [0, 0.1) is 0 Å². The van der Waals surface area contributed by atoms with Crippen molar-refractivity contribution >= 4 is 15.9 Å². The van der Waals surface area contributed by atoms with Crippen LogP contribution in [0.3, 0.4) is 0 Å². The highest BCUT2D eigenvalue weighted by Crippen LogP contribution is 2.19. The molecule has 3 heteroatoms. The Morgan fingerprint density at radius 1 is 1.44 bits per heavy atom. The largest absolute Gasteiger partial charge is 0.381 e. The molecule has 1 aliphatic rings. The molecule has 1 saturated heterocycles. The van der Waals surface area contributed by atoms with Crippen LogP contribution >= 0.6 is 15.9 Å². The van der Waals surface area contributed by atoms with Gasteiger partial charge in [0.2, 0.25) is 0 Å². The van der Waals surface area contributed by atoms with Gasteiger partial charge in [-0.05, 0) is 12.8 Å². The van der Waals surface area contributed by atoms with Crippen LogP contribution in [0.1, 0.15) is 12.8 Å². The molecule has 0 saturated carbocycles. The zero-order valence-electron chi connectivity index (χ0n) is 5.40. The van der Waals surface area contributed by atoms with Gasteiger partial charge in [-0.2, -0.15) is 0 Å². The molecule has 0 bridgehead atoms. The third-order valence-electron chi connectivity index (χ3n) is 1.75. The van der Waals surface area contributed by atoms with Gasteiger partial charge in [-0.15, -0.1) is 0 Å². The SMILES string of the molecule is NC1(CBr)CCOCC1. The van der Waals surface area contributed by atoms with Gasteiger partial charge in [0.15, 0.2) is 0 Å². The molecule has 0 aliphatic carbocycles. The van der Waals surface area contributed by atoms with Crippen LogP contribution in [0.2, 0.25) is 0 Å². The maximum atomic E-state index is 5.93. The van der Waals surface area contributed by atoms with Crippen molar-refractivity contribution in [1.82, 2.24) is 0 Å². The molecule has 0 aromatic carbocycles. The van der Waals surface area contributed by atoms with Crippen LogP contribution in [0.5, 0.6) is 0 Å². The predicted octanol–water partition coefficient (Wildman–Crippen LogP) is 0.889. The van der Waals surface area contributed by atoms with Gasteiger partial charge in [0.1, 0.15) is 0 Å². The van der Waals surface area contributed by atoms with E-state index in [1.54, 1.807) is 0 Å². The second kappa shape index (κ2) is 2.99. The first-order valence-corrected chi connectivity index (χ1v) is 4.32. The molecule has 1 heterocycles. The summed E-state index contributed by atoms with van der Waals surface area (Å²) >= 11 is 3.39. The van der Waals surface area contributed by atoms with E-state index in [-0.39, 0.29) is 5.54 Å². The fraction of sp³-hybridized carbons (Fsp3) is 1.00. The van der Waals surface area contributed by atoms with E-state index in [1.807, 2.05) is 0 Å². The highest BCUT2D eigenvalue weighted by atomic mass is 79.9. The number of hydrogen-bond donors (Lipinski definition) is 1. The predicted molar refractivity (Wildman–Crippen MR) is 40.8 cm³/mol. The first kappa shape index (κ1) is 7.51. The molecule has 0 radical (unpaired) electrons. The van der Waals surface area contributed by atoms with Gasteiger partial charge in [0.25, 0.3) is 0 Å². The third kappa shape index (κ3) is 1.92. The lowest BCUT2D eigenvalue weighted by atomic mass is 9.94. The maximum Gasteiger partial charge on any atom is 0.0483 e. The summed E-state index contributed by atoms with van der Waals surface area (Å²) in [5.41, 5.74) is 5.94. The summed E-state index contributed by atoms with van der Waals surface area (Å²) in [4.78, 5) is 0. The number of halogens is 1. The minimum absolute atomic E-state index is 0.0122. The number of alkyl halides is 1. The third-order valence-corrected chi connectivity index (χ3v) is 2.87. The Morgan fingerprint density at radius 2 is 2.00 bits per heavy atom. The normalized spacial score (nSPS) is 26.0. The van der Waals surface area contributed by atoms with Gasteiger partial charge in [0, 0.05) is 24.1 Å². The summed E-state index contributed by atoms with van der Waals surface area (Å²) in [6, 6.07) is 0. The van der Waals surface area contributed by atoms with Crippen molar-refractivity contribution in [2.45, 2.75) is 18.4 Å². The van der Waals surface area contributed by atoms with Crippen LogP contribution in [-0.4, -0.2) is 24.1 Å². The van der Waals surface area contributed by atoms with Gasteiger partial charge in [0.05, 0.1) is 0 Å². The molecule has 0 spiro atoms. The van der Waals surface area contributed by atoms with Crippen LogP contribution in [0.4, 0.5) is 0 Å². The Balaban J connectivity index is 2.37. The van der Waals surface area contributed by atoms with E-state index in [0.29, 0.717) is 0 Å². The maximum absolute atomic E-state index is 5.93. The molecule has 0 aromatic rings. The van der Waals surface area contributed by atoms with Crippen molar-refractivity contribution in [2.24, 2.45) is 5.73 Å². The Bertz CT molecular complexity index is 91.1. The average Bonchev–Trinajstić information content (AvgIpc) is 1.90. The smallest absolute Gasteiger partial charge is 0.0483 e. The molecule has 1 fully saturated rings. The Labute approximate surface area is 63.9 Å². The van der Waals surface area contributed by atoms with E-state index >= 15 is 0 Å². The summed E-state index contributed by atoms with van der Waals surface area (Å²) in [5, 5.41) is 0.892. The second-order valence-corrected chi connectivity index (χ2v) is 3.17. The molecule has 9 heavy (non-hydrogen) atoms. The molecular formula is C6H12BrNO. The molecule has 2 N–H and O–H groups in total. The zero-order valence-corrected chi connectivity index (χ0v) is 6.99. The van der Waals surface area contributed by atoms with E-state index in [4.69, 9.17) is 10.5 Å². The monoisotopic (exact) mass is 193 g/mol. The van der Waals surface area contributed by atoms with Gasteiger partial charge in [-0.1, -0.05) is 15.9 Å². The molecule has 0 atom stereocenters. The second-order valence-electron chi connectivity index (χ2n) is 2.61. The minimum Gasteiger partial charge on any atom is -0.381 e. The number of hydrogen-bond acceptors (Lipinski definition) is 2. The van der Waals surface area contributed by atoms with Crippen molar-refractivity contribution in [3.63, 3.8) is 0 Å². The van der Waals surface area contributed by atoms with Crippen molar-refractivity contribution in [2.75, 3.05) is 18.5 Å². The van der Waals surface area contributed by atoms with E-state index < -0.39 is 0 Å². The lowest BCUT2D eigenvalue weighted by Gasteiger charge is -2.31. The highest BCUT2D eigenvalue weighted by Gasteiger charge is 2.25. The summed E-state index contributed by atoms with van der Waals surface area (Å²) in [6.07, 6.45) is 1.97. The minimum atomic E-state index is 0.0122. The van der Waals surface area contributed by atoms with E-state index in [2.05, 4.69) is 15.9 Å². The number of ether oxygens (including phenoxy) is 1. The summed E-state index contributed by atoms with van der Waals surface area (Å²) in [6.45, 7) is 1.64. The topological polar surface area (TPSA) is 35.2 Å². The summed E-state index contributed by atoms with van der Waals surface area (Å²) < 4.78 is 5.17. The van der Waals surface area contributed by atoms with Crippen molar-refractivity contribution in [1.29, 1.82) is 0 Å². The summed E-state index contributed by atoms with van der Waals surface area (Å²) in [5.74, 6) is 0. The molecule has 1 rings (SSSR count). The first-order chi connectivity index (χ1) is 4.27. The lowest BCUT2D eigenvalue weighted by Crippen LogP contribution is -2.46. The average molecular weight is 194 g/mol. The van der Waals surface area contributed by atoms with Crippen LogP contribution < -0.4 is 5.73 Å². The standard InChI is InChI=1S/C6H12BrNO/c7-5-6(8)1-3-9-4-2-6/h1-5,8H2. The fourth-order valence-corrected chi connectivity index (χ4v) is 1.47. The Morgan fingerprint density at radius 3 is 2.33 bits per heavy atom. The molecule has 0 amide bonds. The van der Waals surface area contributed by atoms with Gasteiger partial charge in [-0.25, -0.2) is 0 Å². The zero-order chi connectivity index (χ0) is 6.74. The van der Waals surface area contributed by atoms with E-state index in [9.17, 15) is 0 Å². The van der Waals surface area contributed by atoms with Crippen LogP contribution in [0.25, 0.3) is 0 Å².